The van der Waals surface area contributed by atoms with E-state index in [-0.39, 0.29) is 136 Å². The molecule has 672 valence electrons. The summed E-state index contributed by atoms with van der Waals surface area (Å²) in [6.07, 6.45) is 16.5. The first kappa shape index (κ1) is 101. The zero-order chi connectivity index (χ0) is 82.9. The summed E-state index contributed by atoms with van der Waals surface area (Å²) >= 11 is 0. The molecule has 4 aromatic carbocycles. The van der Waals surface area contributed by atoms with Crippen LogP contribution in [0.1, 0.15) is 97.1 Å². The number of likely N-dealkylation sites (N-methyl/N-ethyl adjacent to an activating group) is 3. The summed E-state index contributed by atoms with van der Waals surface area (Å²) < 4.78 is 18.9. The molecule has 0 aliphatic carbocycles. The zero-order valence-corrected chi connectivity index (χ0v) is 78.9. The molecule has 7 aromatic rings. The largest absolute Gasteiger partial charge is 0.462 e. The summed E-state index contributed by atoms with van der Waals surface area (Å²) in [5.74, 6) is 2.30. The maximum absolute atomic E-state index is 12.6. The van der Waals surface area contributed by atoms with E-state index in [4.69, 9.17) is 63.8 Å². The summed E-state index contributed by atoms with van der Waals surface area (Å²) in [7, 11) is 6.43. The predicted molar refractivity (Wildman–Crippen MR) is 530 cm³/mol. The SMILES string of the molecule is S.S.S.S.S.S.[C-]#[N+]C[C@H]1CN(c2nc(OC[C@@H]3CCCN3C)nc3c2CCCN(c2cccc4ccccc24)C3)CCN1C(=O)C=C.[C-]#[N+]C[C@H]1CN(c2nc(OC[C@@H]3CCCN3C)nc3c2CCCN(c2ccccc2)C3)CCN1C(=O)C=C.[C-]#[N+]C[C@H]1CN(c2nc(OC[C@@H]3CCCN3C)nc3c2CCCN(c2ccccc2C)C3)CCN1C(=O)C=C. The van der Waals surface area contributed by atoms with Crippen molar-refractivity contribution in [2.45, 2.75) is 140 Å². The molecule has 6 saturated heterocycles. The van der Waals surface area contributed by atoms with Crippen LogP contribution in [0.2, 0.25) is 0 Å². The lowest BCUT2D eigenvalue weighted by Crippen LogP contribution is -2.56. The topological polar surface area (TPSA) is 208 Å². The summed E-state index contributed by atoms with van der Waals surface area (Å²) in [4.78, 5) is 105. The standard InChI is InChI=1S/C33H39N7O2.C30H39N7O2.C29H37N7O2.6H2S/c1-4-31(41)40-19-18-39(21-26(40)20-34-2)32-28-14-9-17-38(30-15-7-11-24-10-5-6-13-27(24)30)22-29(28)35-33(36-32)42-23-25-12-8-16-37(25)3;1-5-28(38)37-17-16-36(19-24(37)18-31-3)29-25-12-9-15-35(27-13-7-6-10-22(27)2)20-26(25)32-30(33-29)39-21-23-11-8-14-34(23)4;1-4-27(37)36-17-16-35(19-24(36)18-30-2)28-25-13-9-15-34(22-10-6-5-7-11-22)20-26(25)31-29(32-28)38-21-23-12-8-14-33(23)3;;;;;;/h4-7,10-11,13,15,25-26H,1,8-9,12,14,16-23H2,3H3;5-7,10,13,23-24H,1,8-9,11-12,14-21H2,2,4H3;4-7,10-11,23-24H,1,8-9,12-21H2,3H3;6*1H2/t25-,26-;2*23-,24-;;;;;;/m000....../s1. The number of anilines is 6. The number of piperazine rings is 3. The van der Waals surface area contributed by atoms with Crippen LogP contribution in [0, 0.1) is 26.6 Å². The smallest absolute Gasteiger partial charge is 0.318 e. The van der Waals surface area contributed by atoms with E-state index in [1.54, 1.807) is 14.7 Å². The number of rotatable bonds is 21. The van der Waals surface area contributed by atoms with E-state index in [9.17, 15) is 14.4 Å². The fourth-order valence-corrected chi connectivity index (χ4v) is 18.6. The van der Waals surface area contributed by atoms with Crippen LogP contribution in [0.4, 0.5) is 34.5 Å². The van der Waals surface area contributed by atoms with Crippen molar-refractivity contribution in [3.8, 4) is 18.0 Å². The molecule has 9 aliphatic heterocycles. The third-order valence-electron chi connectivity index (χ3n) is 25.3. The van der Waals surface area contributed by atoms with E-state index in [0.29, 0.717) is 135 Å². The van der Waals surface area contributed by atoms with Gasteiger partial charge in [-0.1, -0.05) is 92.5 Å². The molecule has 27 nitrogen and oxygen atoms in total. The van der Waals surface area contributed by atoms with E-state index >= 15 is 0 Å². The Kier molecular flexibility index (Phi) is 39.3. The van der Waals surface area contributed by atoms with Gasteiger partial charge in [-0.05, 0) is 178 Å². The van der Waals surface area contributed by atoms with Crippen LogP contribution in [-0.4, -0.2) is 272 Å². The van der Waals surface area contributed by atoms with Crippen molar-refractivity contribution >= 4 is 144 Å². The number of aromatic nitrogens is 6. The van der Waals surface area contributed by atoms with Crippen molar-refractivity contribution in [2.75, 3.05) is 188 Å². The number of fused-ring (bicyclic) bond motifs is 4. The van der Waals surface area contributed by atoms with Gasteiger partial charge in [0.25, 0.3) is 0 Å². The molecule has 0 unspecified atom stereocenters. The number of para-hydroxylation sites is 2. The maximum Gasteiger partial charge on any atom is 0.318 e. The van der Waals surface area contributed by atoms with Gasteiger partial charge in [0.05, 0.1) is 36.7 Å². The molecule has 12 heterocycles. The van der Waals surface area contributed by atoms with Gasteiger partial charge in [0.15, 0.2) is 0 Å². The van der Waals surface area contributed by atoms with Crippen molar-refractivity contribution < 1.29 is 28.6 Å². The van der Waals surface area contributed by atoms with Gasteiger partial charge in [-0.2, -0.15) is 111 Å². The minimum Gasteiger partial charge on any atom is -0.462 e. The summed E-state index contributed by atoms with van der Waals surface area (Å²) in [6, 6.07) is 35.7. The number of aryl methyl sites for hydroxylation is 1. The Bertz CT molecular complexity index is 4900. The number of hydrogen-bond donors (Lipinski definition) is 0. The number of nitrogens with zero attached hydrogens (tertiary/aromatic N) is 21. The molecule has 0 radical (unpaired) electrons. The lowest BCUT2D eigenvalue weighted by Gasteiger charge is -2.40. The minimum absolute atomic E-state index is 0. The van der Waals surface area contributed by atoms with Crippen molar-refractivity contribution in [3.05, 3.63) is 209 Å². The Hall–Kier alpha value is -9.34. The highest BCUT2D eigenvalue weighted by Gasteiger charge is 2.40. The molecule has 6 fully saturated rings. The summed E-state index contributed by atoms with van der Waals surface area (Å²) in [6.45, 7) is 51.3. The normalized spacial score (nSPS) is 20.5. The quantitative estimate of drug-likeness (QED) is 0.0484. The molecule has 6 atom stereocenters. The molecule has 0 bridgehead atoms. The van der Waals surface area contributed by atoms with Crippen molar-refractivity contribution in [2.24, 2.45) is 0 Å². The highest BCUT2D eigenvalue weighted by molar-refractivity contribution is 7.60. The second-order valence-electron chi connectivity index (χ2n) is 32.8. The van der Waals surface area contributed by atoms with Crippen molar-refractivity contribution in [1.29, 1.82) is 0 Å². The number of benzene rings is 4. The van der Waals surface area contributed by atoms with Crippen LogP contribution in [0.5, 0.6) is 18.0 Å². The third-order valence-corrected chi connectivity index (χ3v) is 25.3. The number of likely N-dealkylation sites (tertiary alicyclic amines) is 3. The van der Waals surface area contributed by atoms with E-state index in [1.165, 1.54) is 70.9 Å². The average molecular weight is 1820 g/mol. The van der Waals surface area contributed by atoms with Crippen LogP contribution in [0.15, 0.2) is 135 Å². The van der Waals surface area contributed by atoms with Crippen molar-refractivity contribution in [3.63, 3.8) is 0 Å². The lowest BCUT2D eigenvalue weighted by molar-refractivity contribution is -0.129. The van der Waals surface area contributed by atoms with E-state index in [2.05, 4.69) is 197 Å². The number of amides is 3. The summed E-state index contributed by atoms with van der Waals surface area (Å²) in [5, 5.41) is 2.47. The van der Waals surface area contributed by atoms with Crippen LogP contribution in [-0.2, 0) is 53.3 Å². The van der Waals surface area contributed by atoms with Gasteiger partial charge in [0.1, 0.15) is 55.4 Å². The first-order valence-corrected chi connectivity index (χ1v) is 42.7. The lowest BCUT2D eigenvalue weighted by atomic mass is 10.1. The molecule has 125 heavy (non-hydrogen) atoms. The van der Waals surface area contributed by atoms with Crippen LogP contribution in [0.25, 0.3) is 25.3 Å². The highest BCUT2D eigenvalue weighted by atomic mass is 32.1. The van der Waals surface area contributed by atoms with Gasteiger partial charge in [0, 0.05) is 136 Å². The molecule has 0 spiro atoms. The Morgan fingerprint density at radius 2 is 0.736 bits per heavy atom. The molecular weight excluding hydrogens is 1690 g/mol. The van der Waals surface area contributed by atoms with E-state index in [0.717, 1.165) is 148 Å². The fourth-order valence-electron chi connectivity index (χ4n) is 18.6. The Morgan fingerprint density at radius 3 is 1.11 bits per heavy atom. The molecule has 0 saturated carbocycles. The molecule has 3 amide bonds. The van der Waals surface area contributed by atoms with Gasteiger partial charge in [0.2, 0.25) is 37.4 Å². The van der Waals surface area contributed by atoms with Crippen LogP contribution < -0.4 is 43.6 Å². The highest BCUT2D eigenvalue weighted by Crippen LogP contribution is 2.39. The number of carbonyl (C=O) groups excluding carboxylic acids is 3. The van der Waals surface area contributed by atoms with E-state index in [1.807, 2.05) is 6.07 Å². The first-order valence-electron chi connectivity index (χ1n) is 42.7. The van der Waals surface area contributed by atoms with Gasteiger partial charge in [-0.3, -0.25) is 14.4 Å². The van der Waals surface area contributed by atoms with Gasteiger partial charge >= 0.3 is 18.0 Å². The Balaban J connectivity index is 0.000000227. The maximum atomic E-state index is 12.6. The molecule has 3 aromatic heterocycles. The average Bonchev–Trinajstić information content (AvgIpc) is 1.75. The molecule has 16 rings (SSSR count). The third kappa shape index (κ3) is 24.5. The molecule has 9 aliphatic rings. The number of carbonyl (C=O) groups is 3. The monoisotopic (exact) mass is 1810 g/mol. The first-order chi connectivity index (χ1) is 58.1. The fraction of sp³-hybridized carbons (Fsp3) is 0.500. The predicted octanol–water partition coefficient (Wildman–Crippen LogP) is 11.2. The number of ether oxygens (including phenoxy) is 3. The van der Waals surface area contributed by atoms with Gasteiger partial charge < -0.3 is 87.5 Å². The van der Waals surface area contributed by atoms with Gasteiger partial charge in [-0.25, -0.2) is 19.7 Å². The van der Waals surface area contributed by atoms with Gasteiger partial charge in [-0.15, -0.1) is 0 Å². The molecule has 33 heteroatoms. The second kappa shape index (κ2) is 48.6. The van der Waals surface area contributed by atoms with Crippen LogP contribution in [0.3, 0.4) is 0 Å². The molecular formula is C92H127N21O6S6. The number of hydrogen-bond acceptors (Lipinski definition) is 21. The summed E-state index contributed by atoms with van der Waals surface area (Å²) in [5.41, 5.74) is 11.3. The van der Waals surface area contributed by atoms with Crippen molar-refractivity contribution in [1.82, 2.24) is 59.3 Å². The minimum atomic E-state index is -0.221. The molecule has 0 N–H and O–H groups in total. The second-order valence-corrected chi connectivity index (χ2v) is 32.8. The Labute approximate surface area is 781 Å². The zero-order valence-electron chi connectivity index (χ0n) is 72.9. The van der Waals surface area contributed by atoms with E-state index < -0.39 is 0 Å². The Morgan fingerprint density at radius 1 is 0.392 bits per heavy atom. The van der Waals surface area contributed by atoms with Crippen LogP contribution >= 0.6 is 81.0 Å².